The molecule has 1 aliphatic rings. The molecule has 1 aromatic carbocycles. The van der Waals surface area contributed by atoms with E-state index in [0.29, 0.717) is 10.0 Å². The minimum absolute atomic E-state index is 0.119. The Morgan fingerprint density at radius 3 is 2.62 bits per heavy atom. The molecule has 0 saturated carbocycles. The van der Waals surface area contributed by atoms with Crippen molar-refractivity contribution in [3.05, 3.63) is 33.8 Å². The van der Waals surface area contributed by atoms with Gasteiger partial charge in [-0.05, 0) is 30.2 Å². The molecular formula is C13H14Cl2N2O4. The molecule has 1 aliphatic heterocycles. The maximum atomic E-state index is 11.8. The lowest BCUT2D eigenvalue weighted by molar-refractivity contribution is -0.138. The highest BCUT2D eigenvalue weighted by Crippen LogP contribution is 2.24. The van der Waals surface area contributed by atoms with Crippen molar-refractivity contribution in [2.24, 2.45) is 5.73 Å². The van der Waals surface area contributed by atoms with Crippen LogP contribution in [-0.4, -0.2) is 40.8 Å². The van der Waals surface area contributed by atoms with E-state index in [-0.39, 0.29) is 25.6 Å². The molecule has 0 aromatic heterocycles. The van der Waals surface area contributed by atoms with Crippen LogP contribution in [0, 0.1) is 0 Å². The van der Waals surface area contributed by atoms with E-state index in [4.69, 9.17) is 38.8 Å². The zero-order valence-corrected chi connectivity index (χ0v) is 12.5. The number of benzene rings is 1. The minimum Gasteiger partial charge on any atom is -0.480 e. The maximum absolute atomic E-state index is 11.8. The zero-order chi connectivity index (χ0) is 15.6. The van der Waals surface area contributed by atoms with Crippen LogP contribution in [0.3, 0.4) is 0 Å². The number of carboxylic acid groups (broad SMARTS) is 1. The molecule has 1 amide bonds. The number of carbonyl (C=O) groups is 2. The van der Waals surface area contributed by atoms with Crippen LogP contribution in [-0.2, 0) is 16.1 Å². The number of carboxylic acids is 1. The SMILES string of the molecule is NC(CC1COC(=O)N1Cc1cc(Cl)cc(Cl)c1)C(=O)O. The summed E-state index contributed by atoms with van der Waals surface area (Å²) in [6.45, 7) is 0.351. The van der Waals surface area contributed by atoms with Gasteiger partial charge in [0.2, 0.25) is 0 Å². The predicted octanol–water partition coefficient (Wildman–Crippen LogP) is 2.12. The quantitative estimate of drug-likeness (QED) is 0.861. The Bertz CT molecular complexity index is 547. The third-order valence-electron chi connectivity index (χ3n) is 3.19. The lowest BCUT2D eigenvalue weighted by atomic mass is 10.1. The Labute approximate surface area is 131 Å². The van der Waals surface area contributed by atoms with E-state index < -0.39 is 18.1 Å². The number of cyclic esters (lactones) is 1. The van der Waals surface area contributed by atoms with Crippen molar-refractivity contribution in [3.8, 4) is 0 Å². The van der Waals surface area contributed by atoms with Crippen LogP contribution in [0.5, 0.6) is 0 Å². The van der Waals surface area contributed by atoms with E-state index in [1.165, 1.54) is 4.90 Å². The highest BCUT2D eigenvalue weighted by atomic mass is 35.5. The van der Waals surface area contributed by atoms with Gasteiger partial charge in [-0.15, -0.1) is 0 Å². The molecule has 2 atom stereocenters. The van der Waals surface area contributed by atoms with Crippen molar-refractivity contribution >= 4 is 35.3 Å². The van der Waals surface area contributed by atoms with Crippen LogP contribution in [0.1, 0.15) is 12.0 Å². The second-order valence-electron chi connectivity index (χ2n) is 4.82. The van der Waals surface area contributed by atoms with Gasteiger partial charge in [-0.25, -0.2) is 4.79 Å². The van der Waals surface area contributed by atoms with Crippen LogP contribution < -0.4 is 5.73 Å². The van der Waals surface area contributed by atoms with Gasteiger partial charge in [0.25, 0.3) is 0 Å². The fourth-order valence-electron chi connectivity index (χ4n) is 2.17. The van der Waals surface area contributed by atoms with E-state index in [0.717, 1.165) is 5.56 Å². The normalized spacial score (nSPS) is 19.5. The first-order valence-corrected chi connectivity index (χ1v) is 6.99. The number of hydrogen-bond donors (Lipinski definition) is 2. The average molecular weight is 333 g/mol. The zero-order valence-electron chi connectivity index (χ0n) is 11.0. The van der Waals surface area contributed by atoms with E-state index >= 15 is 0 Å². The van der Waals surface area contributed by atoms with Crippen molar-refractivity contribution in [1.29, 1.82) is 0 Å². The second kappa shape index (κ2) is 6.51. The number of amides is 1. The highest BCUT2D eigenvalue weighted by Gasteiger charge is 2.35. The second-order valence-corrected chi connectivity index (χ2v) is 5.69. The fraction of sp³-hybridized carbons (Fsp3) is 0.385. The number of hydrogen-bond acceptors (Lipinski definition) is 4. The summed E-state index contributed by atoms with van der Waals surface area (Å²) >= 11 is 11.8. The molecule has 8 heteroatoms. The van der Waals surface area contributed by atoms with Crippen molar-refractivity contribution in [2.75, 3.05) is 6.61 Å². The molecule has 0 spiro atoms. The van der Waals surface area contributed by atoms with Gasteiger partial charge in [-0.1, -0.05) is 23.2 Å². The topological polar surface area (TPSA) is 92.9 Å². The highest BCUT2D eigenvalue weighted by molar-refractivity contribution is 6.34. The number of nitrogens with zero attached hydrogens (tertiary/aromatic N) is 1. The largest absolute Gasteiger partial charge is 0.480 e. The van der Waals surface area contributed by atoms with Gasteiger partial charge in [0.1, 0.15) is 12.6 Å². The first-order valence-electron chi connectivity index (χ1n) is 6.23. The van der Waals surface area contributed by atoms with E-state index in [2.05, 4.69) is 0 Å². The maximum Gasteiger partial charge on any atom is 0.410 e. The lowest BCUT2D eigenvalue weighted by Crippen LogP contribution is -2.41. The first-order chi connectivity index (χ1) is 9.86. The summed E-state index contributed by atoms with van der Waals surface area (Å²) in [5, 5.41) is 9.78. The first kappa shape index (κ1) is 15.9. The molecule has 3 N–H and O–H groups in total. The van der Waals surface area contributed by atoms with Crippen molar-refractivity contribution < 1.29 is 19.4 Å². The van der Waals surface area contributed by atoms with Crippen molar-refractivity contribution in [2.45, 2.75) is 25.0 Å². The number of halogens is 2. The van der Waals surface area contributed by atoms with E-state index in [9.17, 15) is 9.59 Å². The van der Waals surface area contributed by atoms with Crippen LogP contribution in [0.15, 0.2) is 18.2 Å². The van der Waals surface area contributed by atoms with Crippen LogP contribution in [0.25, 0.3) is 0 Å². The predicted molar refractivity (Wildman–Crippen MR) is 77.4 cm³/mol. The molecule has 0 radical (unpaired) electrons. The average Bonchev–Trinajstić information content (AvgIpc) is 2.70. The summed E-state index contributed by atoms with van der Waals surface area (Å²) in [5.41, 5.74) is 6.25. The Balaban J connectivity index is 2.11. The third-order valence-corrected chi connectivity index (χ3v) is 3.63. The van der Waals surface area contributed by atoms with E-state index in [1.54, 1.807) is 18.2 Å². The summed E-state index contributed by atoms with van der Waals surface area (Å²) in [7, 11) is 0. The molecular weight excluding hydrogens is 319 g/mol. The smallest absolute Gasteiger partial charge is 0.410 e. The Morgan fingerprint density at radius 1 is 1.43 bits per heavy atom. The summed E-state index contributed by atoms with van der Waals surface area (Å²) in [6.07, 6.45) is -0.385. The van der Waals surface area contributed by atoms with Crippen LogP contribution in [0.4, 0.5) is 4.79 Å². The molecule has 1 heterocycles. The number of carbonyl (C=O) groups excluding carboxylic acids is 1. The fourth-order valence-corrected chi connectivity index (χ4v) is 2.74. The minimum atomic E-state index is -1.11. The molecule has 1 aromatic rings. The number of ether oxygens (including phenoxy) is 1. The molecule has 114 valence electrons. The summed E-state index contributed by atoms with van der Waals surface area (Å²) < 4.78 is 4.96. The molecule has 0 bridgehead atoms. The summed E-state index contributed by atoms with van der Waals surface area (Å²) in [6, 6.07) is 3.53. The molecule has 1 fully saturated rings. The lowest BCUT2D eigenvalue weighted by Gasteiger charge is -2.22. The summed E-state index contributed by atoms with van der Waals surface area (Å²) in [5.74, 6) is -1.11. The van der Waals surface area contributed by atoms with Crippen LogP contribution in [0.2, 0.25) is 10.0 Å². The summed E-state index contributed by atoms with van der Waals surface area (Å²) in [4.78, 5) is 24.0. The molecule has 2 unspecified atom stereocenters. The van der Waals surface area contributed by atoms with Gasteiger partial charge < -0.3 is 15.6 Å². The number of rotatable bonds is 5. The molecule has 6 nitrogen and oxygen atoms in total. The van der Waals surface area contributed by atoms with Crippen LogP contribution >= 0.6 is 23.2 Å². The van der Waals surface area contributed by atoms with E-state index in [1.807, 2.05) is 0 Å². The van der Waals surface area contributed by atoms with Gasteiger partial charge in [0, 0.05) is 16.6 Å². The number of nitrogens with two attached hydrogens (primary N) is 1. The Morgan fingerprint density at radius 2 is 2.05 bits per heavy atom. The van der Waals surface area contributed by atoms with Gasteiger partial charge >= 0.3 is 12.1 Å². The van der Waals surface area contributed by atoms with Gasteiger partial charge in [0.05, 0.1) is 6.04 Å². The molecule has 0 aliphatic carbocycles. The number of aliphatic carboxylic acids is 1. The van der Waals surface area contributed by atoms with Gasteiger partial charge in [0.15, 0.2) is 0 Å². The monoisotopic (exact) mass is 332 g/mol. The van der Waals surface area contributed by atoms with Crippen molar-refractivity contribution in [1.82, 2.24) is 4.90 Å². The standard InChI is InChI=1S/C13H14Cl2N2O4/c14-8-1-7(2-9(15)3-8)5-17-10(6-21-13(17)20)4-11(16)12(18)19/h1-3,10-11H,4-6,16H2,(H,18,19). The Hall–Kier alpha value is -1.50. The van der Waals surface area contributed by atoms with Gasteiger partial charge in [-0.3, -0.25) is 9.69 Å². The third kappa shape index (κ3) is 4.00. The van der Waals surface area contributed by atoms with Crippen molar-refractivity contribution in [3.63, 3.8) is 0 Å². The Kier molecular flexibility index (Phi) is 4.92. The molecule has 2 rings (SSSR count). The van der Waals surface area contributed by atoms with Gasteiger partial charge in [-0.2, -0.15) is 0 Å². The molecule has 1 saturated heterocycles. The molecule has 21 heavy (non-hydrogen) atoms.